The van der Waals surface area contributed by atoms with Crippen LogP contribution in [0.4, 0.5) is 0 Å². The van der Waals surface area contributed by atoms with E-state index in [1.807, 2.05) is 0 Å². The second kappa shape index (κ2) is 7.15. The van der Waals surface area contributed by atoms with Gasteiger partial charge in [0.05, 0.1) is 0 Å². The molecule has 69 valence electrons. The summed E-state index contributed by atoms with van der Waals surface area (Å²) >= 11 is 0. The first-order chi connectivity index (χ1) is 5.68. The van der Waals surface area contributed by atoms with E-state index in [9.17, 15) is 0 Å². The Labute approximate surface area is 77.4 Å². The van der Waals surface area contributed by atoms with Crippen molar-refractivity contribution in [3.05, 3.63) is 23.3 Å². The van der Waals surface area contributed by atoms with Gasteiger partial charge in [-0.1, -0.05) is 37.0 Å². The molecular formula is C12H21. The molecule has 0 aromatic heterocycles. The summed E-state index contributed by atoms with van der Waals surface area (Å²) in [7, 11) is 0. The fraction of sp³-hybridized carbons (Fsp3) is 0.667. The average Bonchev–Trinajstić information content (AvgIpc) is 2.03. The van der Waals surface area contributed by atoms with Crippen LogP contribution in [0.25, 0.3) is 0 Å². The zero-order valence-corrected chi connectivity index (χ0v) is 8.91. The maximum atomic E-state index is 3.32. The summed E-state index contributed by atoms with van der Waals surface area (Å²) in [6.07, 6.45) is 10.3. The van der Waals surface area contributed by atoms with Crippen LogP contribution in [0.3, 0.4) is 0 Å². The summed E-state index contributed by atoms with van der Waals surface area (Å²) in [6.45, 7) is 8.71. The maximum absolute atomic E-state index is 3.32. The smallest absolute Gasteiger partial charge is 0.00678 e. The van der Waals surface area contributed by atoms with E-state index in [0.717, 1.165) is 6.42 Å². The van der Waals surface area contributed by atoms with Crippen molar-refractivity contribution in [1.82, 2.24) is 0 Å². The van der Waals surface area contributed by atoms with Crippen molar-refractivity contribution in [1.29, 1.82) is 0 Å². The standard InChI is InChI=1S/C12H21/c1-5-6-7-8-9-10-12(4)11(2)3/h8H,5-7,10H2,1-4H3. The lowest BCUT2D eigenvalue weighted by Crippen LogP contribution is -1.77. The summed E-state index contributed by atoms with van der Waals surface area (Å²) < 4.78 is 0. The van der Waals surface area contributed by atoms with Crippen molar-refractivity contribution >= 4 is 0 Å². The van der Waals surface area contributed by atoms with E-state index < -0.39 is 0 Å². The molecule has 0 bridgehead atoms. The van der Waals surface area contributed by atoms with Gasteiger partial charge in [-0.05, 0) is 39.7 Å². The first-order valence-corrected chi connectivity index (χ1v) is 4.86. The van der Waals surface area contributed by atoms with Gasteiger partial charge in [0.1, 0.15) is 0 Å². The Morgan fingerprint density at radius 2 is 1.92 bits per heavy atom. The van der Waals surface area contributed by atoms with Gasteiger partial charge in [-0.3, -0.25) is 0 Å². The molecule has 0 atom stereocenters. The fourth-order valence-corrected chi connectivity index (χ4v) is 0.810. The van der Waals surface area contributed by atoms with Crippen LogP contribution >= 0.6 is 0 Å². The highest BCUT2D eigenvalue weighted by atomic mass is 13.9. The molecule has 0 heteroatoms. The molecule has 0 unspecified atom stereocenters. The SMILES string of the molecule is CCCC/C=[C]/CC(C)=C(C)C. The predicted octanol–water partition coefficient (Wildman–Crippen LogP) is 4.28. The van der Waals surface area contributed by atoms with Crippen molar-refractivity contribution in [3.63, 3.8) is 0 Å². The van der Waals surface area contributed by atoms with Gasteiger partial charge < -0.3 is 0 Å². The van der Waals surface area contributed by atoms with E-state index >= 15 is 0 Å². The second-order valence-corrected chi connectivity index (χ2v) is 3.51. The van der Waals surface area contributed by atoms with Crippen LogP contribution in [0.15, 0.2) is 17.2 Å². The van der Waals surface area contributed by atoms with Crippen LogP contribution in [0.5, 0.6) is 0 Å². The van der Waals surface area contributed by atoms with Gasteiger partial charge in [-0.2, -0.15) is 0 Å². The number of rotatable bonds is 5. The first-order valence-electron chi connectivity index (χ1n) is 4.86. The highest BCUT2D eigenvalue weighted by Crippen LogP contribution is 2.07. The van der Waals surface area contributed by atoms with Gasteiger partial charge in [0.15, 0.2) is 0 Å². The van der Waals surface area contributed by atoms with Crippen LogP contribution in [0, 0.1) is 6.08 Å². The van der Waals surface area contributed by atoms with Gasteiger partial charge in [0, 0.05) is 0 Å². The lowest BCUT2D eigenvalue weighted by molar-refractivity contribution is 0.811. The van der Waals surface area contributed by atoms with Gasteiger partial charge in [-0.25, -0.2) is 0 Å². The molecule has 0 aliphatic rings. The predicted molar refractivity (Wildman–Crippen MR) is 56.0 cm³/mol. The molecule has 0 saturated carbocycles. The van der Waals surface area contributed by atoms with Crippen LogP contribution in [0.1, 0.15) is 53.4 Å². The third-order valence-corrected chi connectivity index (χ3v) is 2.07. The molecular weight excluding hydrogens is 144 g/mol. The van der Waals surface area contributed by atoms with Gasteiger partial charge in [0.2, 0.25) is 0 Å². The molecule has 1 radical (unpaired) electrons. The number of unbranched alkanes of at least 4 members (excludes halogenated alkanes) is 2. The zero-order valence-electron chi connectivity index (χ0n) is 8.91. The Kier molecular flexibility index (Phi) is 6.84. The van der Waals surface area contributed by atoms with E-state index in [2.05, 4.69) is 39.8 Å². The summed E-state index contributed by atoms with van der Waals surface area (Å²) in [4.78, 5) is 0. The molecule has 12 heavy (non-hydrogen) atoms. The van der Waals surface area contributed by atoms with Crippen molar-refractivity contribution in [2.45, 2.75) is 53.4 Å². The van der Waals surface area contributed by atoms with E-state index in [-0.39, 0.29) is 0 Å². The third kappa shape index (κ3) is 6.21. The minimum absolute atomic E-state index is 1.01. The molecule has 0 aromatic rings. The van der Waals surface area contributed by atoms with Crippen LogP contribution in [-0.4, -0.2) is 0 Å². The summed E-state index contributed by atoms with van der Waals surface area (Å²) in [5.74, 6) is 0. The number of allylic oxidation sites excluding steroid dienone is 4. The Bertz CT molecular complexity index is 157. The molecule has 0 rings (SSSR count). The van der Waals surface area contributed by atoms with Gasteiger partial charge in [-0.15, -0.1) is 0 Å². The molecule has 0 N–H and O–H groups in total. The molecule has 0 heterocycles. The fourth-order valence-electron chi connectivity index (χ4n) is 0.810. The third-order valence-electron chi connectivity index (χ3n) is 2.07. The monoisotopic (exact) mass is 165 g/mol. The number of hydrogen-bond donors (Lipinski definition) is 0. The lowest BCUT2D eigenvalue weighted by Gasteiger charge is -1.97. The van der Waals surface area contributed by atoms with E-state index in [1.165, 1.54) is 30.4 Å². The van der Waals surface area contributed by atoms with Crippen LogP contribution in [-0.2, 0) is 0 Å². The Morgan fingerprint density at radius 3 is 2.42 bits per heavy atom. The van der Waals surface area contributed by atoms with Crippen LogP contribution < -0.4 is 0 Å². The summed E-state index contributed by atoms with van der Waals surface area (Å²) in [5, 5.41) is 0. The second-order valence-electron chi connectivity index (χ2n) is 3.51. The molecule has 0 amide bonds. The van der Waals surface area contributed by atoms with E-state index in [1.54, 1.807) is 0 Å². The zero-order chi connectivity index (χ0) is 9.40. The topological polar surface area (TPSA) is 0 Å². The molecule has 0 nitrogen and oxygen atoms in total. The molecule has 0 spiro atoms. The average molecular weight is 165 g/mol. The van der Waals surface area contributed by atoms with Crippen molar-refractivity contribution < 1.29 is 0 Å². The van der Waals surface area contributed by atoms with Crippen molar-refractivity contribution in [2.75, 3.05) is 0 Å². The minimum Gasteiger partial charge on any atom is -0.0807 e. The Hall–Kier alpha value is -0.520. The maximum Gasteiger partial charge on any atom is -0.00678 e. The minimum atomic E-state index is 1.01. The molecule has 0 fully saturated rings. The van der Waals surface area contributed by atoms with E-state index in [4.69, 9.17) is 0 Å². The Morgan fingerprint density at radius 1 is 1.25 bits per heavy atom. The molecule has 0 aliphatic heterocycles. The summed E-state index contributed by atoms with van der Waals surface area (Å²) in [5.41, 5.74) is 2.87. The highest BCUT2D eigenvalue weighted by molar-refractivity contribution is 5.08. The lowest BCUT2D eigenvalue weighted by atomic mass is 10.1. The normalized spacial score (nSPS) is 10.7. The summed E-state index contributed by atoms with van der Waals surface area (Å²) in [6, 6.07) is 0. The molecule has 0 saturated heterocycles. The quantitative estimate of drug-likeness (QED) is 0.421. The molecule has 0 aliphatic carbocycles. The van der Waals surface area contributed by atoms with Crippen molar-refractivity contribution in [3.8, 4) is 0 Å². The first kappa shape index (κ1) is 11.5. The van der Waals surface area contributed by atoms with Gasteiger partial charge >= 0.3 is 0 Å². The Balaban J connectivity index is 3.54. The van der Waals surface area contributed by atoms with Crippen LogP contribution in [0.2, 0.25) is 0 Å². The largest absolute Gasteiger partial charge is 0.0807 e. The van der Waals surface area contributed by atoms with Gasteiger partial charge in [0.25, 0.3) is 0 Å². The number of hydrogen-bond acceptors (Lipinski definition) is 0. The van der Waals surface area contributed by atoms with Crippen molar-refractivity contribution in [2.24, 2.45) is 0 Å². The van der Waals surface area contributed by atoms with E-state index in [0.29, 0.717) is 0 Å². The highest BCUT2D eigenvalue weighted by Gasteiger charge is 1.87. The molecule has 0 aromatic carbocycles.